The molecule has 0 amide bonds. The van der Waals surface area contributed by atoms with Crippen molar-refractivity contribution in [2.24, 2.45) is 0 Å². The maximum atomic E-state index is 12.3. The number of carbonyl (C=O) groups is 2. The molecule has 140 valence electrons. The van der Waals surface area contributed by atoms with Crippen LogP contribution in [0, 0.1) is 0 Å². The zero-order valence-electron chi connectivity index (χ0n) is 14.6. The van der Waals surface area contributed by atoms with Crippen molar-refractivity contribution in [3.8, 4) is 23.0 Å². The number of hydrogen-bond acceptors (Lipinski definition) is 6. The van der Waals surface area contributed by atoms with Gasteiger partial charge in [0.25, 0.3) is 0 Å². The van der Waals surface area contributed by atoms with Crippen molar-refractivity contribution in [3.63, 3.8) is 0 Å². The van der Waals surface area contributed by atoms with E-state index in [1.165, 1.54) is 6.08 Å². The van der Waals surface area contributed by atoms with Crippen molar-refractivity contribution in [2.45, 2.75) is 0 Å². The lowest BCUT2D eigenvalue weighted by Gasteiger charge is -2.20. The largest absolute Gasteiger partial charge is 0.493 e. The Morgan fingerprint density at radius 1 is 1.15 bits per heavy atom. The number of aliphatic carboxylic acids is 1. The highest BCUT2D eigenvalue weighted by Crippen LogP contribution is 2.40. The van der Waals surface area contributed by atoms with E-state index in [2.05, 4.69) is 0 Å². The number of allylic oxidation sites excluding steroid dienone is 1. The van der Waals surface area contributed by atoms with Crippen molar-refractivity contribution in [1.29, 1.82) is 0 Å². The van der Waals surface area contributed by atoms with Crippen LogP contribution in [-0.2, 0) is 4.79 Å². The number of fused-ring (bicyclic) bond motifs is 1. The summed E-state index contributed by atoms with van der Waals surface area (Å²) < 4.78 is 21.5. The monoisotopic (exact) mass is 370 g/mol. The fourth-order valence-electron chi connectivity index (χ4n) is 2.52. The van der Waals surface area contributed by atoms with Gasteiger partial charge in [-0.2, -0.15) is 0 Å². The quantitative estimate of drug-likeness (QED) is 0.592. The summed E-state index contributed by atoms with van der Waals surface area (Å²) in [6.07, 6.45) is 3.11. The fraction of sp³-hybridized carbons (Fsp3) is 0.200. The average molecular weight is 370 g/mol. The molecule has 7 heteroatoms. The van der Waals surface area contributed by atoms with Gasteiger partial charge in [0, 0.05) is 5.56 Å². The normalized spacial score (nSPS) is 12.6. The van der Waals surface area contributed by atoms with E-state index < -0.39 is 12.6 Å². The molecule has 7 nitrogen and oxygen atoms in total. The number of methoxy groups -OCH3 is 1. The van der Waals surface area contributed by atoms with E-state index in [9.17, 15) is 9.59 Å². The second kappa shape index (κ2) is 8.27. The van der Waals surface area contributed by atoms with Crippen molar-refractivity contribution in [3.05, 3.63) is 53.6 Å². The summed E-state index contributed by atoms with van der Waals surface area (Å²) in [6, 6.07) is 9.81. The van der Waals surface area contributed by atoms with Crippen molar-refractivity contribution < 1.29 is 33.6 Å². The average Bonchev–Trinajstić information content (AvgIpc) is 2.70. The Bertz CT molecular complexity index is 851. The summed E-state index contributed by atoms with van der Waals surface area (Å²) in [5, 5.41) is 8.59. The summed E-state index contributed by atoms with van der Waals surface area (Å²) in [7, 11) is 1.54. The molecule has 1 heterocycles. The molecular formula is C20H18O7. The van der Waals surface area contributed by atoms with E-state index in [0.29, 0.717) is 41.8 Å². The zero-order valence-corrected chi connectivity index (χ0v) is 14.6. The van der Waals surface area contributed by atoms with Crippen LogP contribution >= 0.6 is 0 Å². The topological polar surface area (TPSA) is 91.3 Å². The molecule has 27 heavy (non-hydrogen) atoms. The van der Waals surface area contributed by atoms with Crippen molar-refractivity contribution >= 4 is 17.8 Å². The van der Waals surface area contributed by atoms with Gasteiger partial charge in [-0.25, -0.2) is 4.79 Å². The second-order valence-electron chi connectivity index (χ2n) is 5.65. The SMILES string of the molecule is COc1cc(C=CC(=O)c2ccc(OCC(=O)O)cc2)cc2c1OCCO2. The van der Waals surface area contributed by atoms with Crippen LogP contribution < -0.4 is 18.9 Å². The molecule has 0 atom stereocenters. The minimum absolute atomic E-state index is 0.200. The van der Waals surface area contributed by atoms with Gasteiger partial charge >= 0.3 is 5.97 Å². The van der Waals surface area contributed by atoms with Crippen LogP contribution in [-0.4, -0.2) is 43.8 Å². The number of carbonyl (C=O) groups excluding carboxylic acids is 1. The van der Waals surface area contributed by atoms with E-state index >= 15 is 0 Å². The predicted octanol–water partition coefficient (Wildman–Crippen LogP) is 2.83. The summed E-state index contributed by atoms with van der Waals surface area (Å²) in [5.41, 5.74) is 1.20. The van der Waals surface area contributed by atoms with Crippen LogP contribution in [0.15, 0.2) is 42.5 Å². The first-order valence-electron chi connectivity index (χ1n) is 8.21. The van der Waals surface area contributed by atoms with Gasteiger partial charge in [0.15, 0.2) is 23.9 Å². The van der Waals surface area contributed by atoms with Crippen LogP contribution in [0.1, 0.15) is 15.9 Å². The molecule has 0 unspecified atom stereocenters. The molecule has 1 aliphatic rings. The molecule has 2 aromatic rings. The zero-order chi connectivity index (χ0) is 19.2. The highest BCUT2D eigenvalue weighted by molar-refractivity contribution is 6.06. The number of hydrogen-bond donors (Lipinski definition) is 1. The van der Waals surface area contributed by atoms with E-state index in [1.807, 2.05) is 0 Å². The molecule has 2 aromatic carbocycles. The first-order valence-corrected chi connectivity index (χ1v) is 8.21. The summed E-state index contributed by atoms with van der Waals surface area (Å²) in [5.74, 6) is 0.798. The highest BCUT2D eigenvalue weighted by atomic mass is 16.6. The fourth-order valence-corrected chi connectivity index (χ4v) is 2.52. The highest BCUT2D eigenvalue weighted by Gasteiger charge is 2.17. The molecule has 0 aromatic heterocycles. The minimum Gasteiger partial charge on any atom is -0.493 e. The molecule has 0 bridgehead atoms. The number of carboxylic acids is 1. The minimum atomic E-state index is -1.06. The Kier molecular flexibility index (Phi) is 5.61. The summed E-state index contributed by atoms with van der Waals surface area (Å²) in [4.78, 5) is 22.8. The molecule has 1 N–H and O–H groups in total. The van der Waals surface area contributed by atoms with E-state index in [0.717, 1.165) is 5.56 Å². The van der Waals surface area contributed by atoms with Gasteiger partial charge < -0.3 is 24.1 Å². The van der Waals surface area contributed by atoms with Crippen molar-refractivity contribution in [2.75, 3.05) is 26.9 Å². The Labute approximate surface area is 155 Å². The molecule has 0 saturated heterocycles. The third-order valence-electron chi connectivity index (χ3n) is 3.78. The van der Waals surface area contributed by atoms with Gasteiger partial charge in [-0.15, -0.1) is 0 Å². The molecule has 0 aliphatic carbocycles. The van der Waals surface area contributed by atoms with Crippen LogP contribution in [0.3, 0.4) is 0 Å². The van der Waals surface area contributed by atoms with Gasteiger partial charge in [-0.3, -0.25) is 4.79 Å². The molecule has 0 radical (unpaired) electrons. The van der Waals surface area contributed by atoms with Crippen LogP contribution in [0.5, 0.6) is 23.0 Å². The van der Waals surface area contributed by atoms with E-state index in [1.54, 1.807) is 49.6 Å². The van der Waals surface area contributed by atoms with Gasteiger partial charge in [0.05, 0.1) is 7.11 Å². The Hall–Kier alpha value is -3.48. The maximum Gasteiger partial charge on any atom is 0.341 e. The lowest BCUT2D eigenvalue weighted by molar-refractivity contribution is -0.139. The molecular weight excluding hydrogens is 352 g/mol. The third-order valence-corrected chi connectivity index (χ3v) is 3.78. The van der Waals surface area contributed by atoms with E-state index in [4.69, 9.17) is 24.1 Å². The molecule has 3 rings (SSSR count). The van der Waals surface area contributed by atoms with Gasteiger partial charge in [0.2, 0.25) is 5.75 Å². The van der Waals surface area contributed by atoms with Crippen LogP contribution in [0.4, 0.5) is 0 Å². The third kappa shape index (κ3) is 4.58. The number of rotatable bonds is 7. The van der Waals surface area contributed by atoms with E-state index in [-0.39, 0.29) is 5.78 Å². The Balaban J connectivity index is 1.72. The van der Waals surface area contributed by atoms with Gasteiger partial charge in [-0.1, -0.05) is 6.08 Å². The molecule has 0 fully saturated rings. The maximum absolute atomic E-state index is 12.3. The van der Waals surface area contributed by atoms with Gasteiger partial charge in [-0.05, 0) is 48.0 Å². The van der Waals surface area contributed by atoms with Crippen molar-refractivity contribution in [1.82, 2.24) is 0 Å². The summed E-state index contributed by atoms with van der Waals surface area (Å²) in [6.45, 7) is 0.487. The molecule has 0 saturated carbocycles. The number of ether oxygens (including phenoxy) is 4. The van der Waals surface area contributed by atoms with Gasteiger partial charge in [0.1, 0.15) is 19.0 Å². The smallest absolute Gasteiger partial charge is 0.341 e. The standard InChI is InChI=1S/C20H18O7/c1-24-17-10-13(11-18-20(17)26-9-8-25-18)2-7-16(21)14-3-5-15(6-4-14)27-12-19(22)23/h2-7,10-11H,8-9,12H2,1H3,(H,22,23). The lowest BCUT2D eigenvalue weighted by Crippen LogP contribution is -2.16. The Morgan fingerprint density at radius 3 is 2.59 bits per heavy atom. The molecule has 1 aliphatic heterocycles. The van der Waals surface area contributed by atoms with Crippen LogP contribution in [0.25, 0.3) is 6.08 Å². The molecule has 0 spiro atoms. The predicted molar refractivity (Wildman–Crippen MR) is 96.9 cm³/mol. The number of benzene rings is 2. The van der Waals surface area contributed by atoms with Crippen LogP contribution in [0.2, 0.25) is 0 Å². The second-order valence-corrected chi connectivity index (χ2v) is 5.65. The lowest BCUT2D eigenvalue weighted by atomic mass is 10.1. The first kappa shape index (κ1) is 18.3. The Morgan fingerprint density at radius 2 is 1.89 bits per heavy atom. The first-order chi connectivity index (χ1) is 13.1. The number of carboxylic acid groups (broad SMARTS) is 1. The number of ketones is 1. The summed E-state index contributed by atoms with van der Waals surface area (Å²) >= 11 is 0.